The zero-order chi connectivity index (χ0) is 16.1. The molecule has 3 nitrogen and oxygen atoms in total. The molecule has 22 heavy (non-hydrogen) atoms. The van der Waals surface area contributed by atoms with Crippen LogP contribution in [0.15, 0.2) is 35.7 Å². The van der Waals surface area contributed by atoms with Gasteiger partial charge in [-0.15, -0.1) is 11.3 Å². The first-order valence-corrected chi connectivity index (χ1v) is 8.47. The van der Waals surface area contributed by atoms with E-state index in [1.165, 1.54) is 21.9 Å². The van der Waals surface area contributed by atoms with Crippen LogP contribution in [0.5, 0.6) is 0 Å². The summed E-state index contributed by atoms with van der Waals surface area (Å²) in [6.45, 7) is 0.712. The zero-order valence-electron chi connectivity index (χ0n) is 12.3. The van der Waals surface area contributed by atoms with Gasteiger partial charge < -0.3 is 15.5 Å². The Hall–Kier alpha value is -1.21. The summed E-state index contributed by atoms with van der Waals surface area (Å²) in [5, 5.41) is 8.85. The number of benzene rings is 1. The molecule has 0 spiro atoms. The zero-order valence-corrected chi connectivity index (χ0v) is 14.7. The summed E-state index contributed by atoms with van der Waals surface area (Å²) in [5.41, 5.74) is 0.661. The van der Waals surface area contributed by atoms with Crippen molar-refractivity contribution in [2.45, 2.75) is 6.04 Å². The third-order valence-electron chi connectivity index (χ3n) is 3.23. The highest BCUT2D eigenvalue weighted by molar-refractivity contribution is 7.80. The highest BCUT2D eigenvalue weighted by Gasteiger charge is 2.18. The quantitative estimate of drug-likeness (QED) is 0.718. The lowest BCUT2D eigenvalue weighted by molar-refractivity contribution is -0.890. The van der Waals surface area contributed by atoms with Gasteiger partial charge in [-0.05, 0) is 41.9 Å². The van der Waals surface area contributed by atoms with Crippen LogP contribution in [0.4, 0.5) is 10.1 Å². The Labute approximate surface area is 144 Å². The van der Waals surface area contributed by atoms with Gasteiger partial charge in [0.2, 0.25) is 0 Å². The van der Waals surface area contributed by atoms with E-state index < -0.39 is 5.82 Å². The molecular weight excluding hydrogens is 341 g/mol. The smallest absolute Gasteiger partial charge is 0.171 e. The molecule has 0 saturated heterocycles. The monoisotopic (exact) mass is 358 g/mol. The van der Waals surface area contributed by atoms with E-state index in [4.69, 9.17) is 23.8 Å². The van der Waals surface area contributed by atoms with E-state index in [1.54, 1.807) is 17.4 Å². The van der Waals surface area contributed by atoms with Gasteiger partial charge >= 0.3 is 0 Å². The van der Waals surface area contributed by atoms with Crippen molar-refractivity contribution < 1.29 is 9.29 Å². The van der Waals surface area contributed by atoms with Gasteiger partial charge in [-0.1, -0.05) is 17.7 Å². The first-order valence-electron chi connectivity index (χ1n) is 6.80. The molecule has 0 amide bonds. The van der Waals surface area contributed by atoms with Crippen LogP contribution in [0.3, 0.4) is 0 Å². The molecule has 0 aliphatic rings. The number of anilines is 1. The maximum atomic E-state index is 13.1. The fourth-order valence-corrected chi connectivity index (χ4v) is 3.36. The molecule has 118 valence electrons. The Bertz CT molecular complexity index is 632. The van der Waals surface area contributed by atoms with Gasteiger partial charge in [-0.25, -0.2) is 4.39 Å². The van der Waals surface area contributed by atoms with E-state index in [0.717, 1.165) is 0 Å². The highest BCUT2D eigenvalue weighted by atomic mass is 35.5. The largest absolute Gasteiger partial charge is 0.356 e. The number of thiophene rings is 1. The second-order valence-corrected chi connectivity index (χ2v) is 6.90. The minimum absolute atomic E-state index is 0.0713. The number of thiocarbonyl (C=S) groups is 1. The van der Waals surface area contributed by atoms with Crippen molar-refractivity contribution >= 4 is 46.0 Å². The molecule has 1 aromatic heterocycles. The Morgan fingerprint density at radius 1 is 1.41 bits per heavy atom. The van der Waals surface area contributed by atoms with Crippen molar-refractivity contribution in [2.75, 3.05) is 26.0 Å². The third-order valence-corrected chi connectivity index (χ3v) is 4.75. The Morgan fingerprint density at radius 3 is 2.77 bits per heavy atom. The van der Waals surface area contributed by atoms with Crippen LogP contribution in [-0.4, -0.2) is 25.8 Å². The molecule has 0 aliphatic carbocycles. The second-order valence-electron chi connectivity index (χ2n) is 5.11. The summed E-state index contributed by atoms with van der Waals surface area (Å²) in [6.07, 6.45) is 0. The molecule has 0 bridgehead atoms. The van der Waals surface area contributed by atoms with Crippen molar-refractivity contribution in [3.05, 3.63) is 51.4 Å². The van der Waals surface area contributed by atoms with Gasteiger partial charge in [0.05, 0.1) is 30.5 Å². The van der Waals surface area contributed by atoms with Crippen LogP contribution in [0.1, 0.15) is 10.9 Å². The average molecular weight is 359 g/mol. The maximum Gasteiger partial charge on any atom is 0.171 e. The van der Waals surface area contributed by atoms with Gasteiger partial charge in [0.1, 0.15) is 11.9 Å². The molecule has 0 aliphatic heterocycles. The fraction of sp³-hybridized carbons (Fsp3) is 0.267. The van der Waals surface area contributed by atoms with Gasteiger partial charge in [-0.3, -0.25) is 0 Å². The number of likely N-dealkylation sites (N-methyl/N-ethyl adjacent to an activating group) is 1. The van der Waals surface area contributed by atoms with Crippen molar-refractivity contribution in [1.29, 1.82) is 0 Å². The predicted molar refractivity (Wildman–Crippen MR) is 95.5 cm³/mol. The molecule has 0 fully saturated rings. The first-order chi connectivity index (χ1) is 10.5. The van der Waals surface area contributed by atoms with Crippen LogP contribution in [0.2, 0.25) is 5.02 Å². The van der Waals surface area contributed by atoms with E-state index in [1.807, 2.05) is 6.07 Å². The Morgan fingerprint density at radius 2 is 2.18 bits per heavy atom. The summed E-state index contributed by atoms with van der Waals surface area (Å²) < 4.78 is 13.1. The van der Waals surface area contributed by atoms with Gasteiger partial charge in [0.15, 0.2) is 5.11 Å². The standard InChI is InChI=1S/C15H17ClFN3S2/c1-20(2)13(14-4-3-7-22-14)9-18-15(21)19-10-5-6-12(17)11(16)8-10/h3-8,13H,9H2,1-2H3,(H2,18,19,21)/p+1/t13-/m0/s1. The molecule has 7 heteroatoms. The van der Waals surface area contributed by atoms with Crippen LogP contribution in [0, 0.1) is 5.82 Å². The second kappa shape index (κ2) is 7.87. The normalized spacial score (nSPS) is 12.2. The molecule has 0 unspecified atom stereocenters. The van der Waals surface area contributed by atoms with Gasteiger partial charge in [0, 0.05) is 5.69 Å². The lowest BCUT2D eigenvalue weighted by Crippen LogP contribution is -3.06. The minimum atomic E-state index is -0.444. The molecule has 2 aromatic rings. The summed E-state index contributed by atoms with van der Waals surface area (Å²) in [4.78, 5) is 2.63. The lowest BCUT2D eigenvalue weighted by Gasteiger charge is -2.21. The minimum Gasteiger partial charge on any atom is -0.356 e. The molecule has 0 radical (unpaired) electrons. The molecule has 0 saturated carbocycles. The van der Waals surface area contributed by atoms with Gasteiger partial charge in [0.25, 0.3) is 0 Å². The SMILES string of the molecule is C[NH+](C)[C@@H](CNC(=S)Nc1ccc(F)c(Cl)c1)c1cccs1. The third kappa shape index (κ3) is 4.64. The van der Waals surface area contributed by atoms with E-state index in [0.29, 0.717) is 23.4 Å². The number of halogens is 2. The fourth-order valence-electron chi connectivity index (χ4n) is 2.02. The van der Waals surface area contributed by atoms with Gasteiger partial charge in [-0.2, -0.15) is 0 Å². The van der Waals surface area contributed by atoms with Crippen molar-refractivity contribution in [3.63, 3.8) is 0 Å². The van der Waals surface area contributed by atoms with Crippen LogP contribution in [0.25, 0.3) is 0 Å². The van der Waals surface area contributed by atoms with Crippen molar-refractivity contribution in [1.82, 2.24) is 5.32 Å². The number of quaternary nitrogens is 1. The number of hydrogen-bond acceptors (Lipinski definition) is 2. The highest BCUT2D eigenvalue weighted by Crippen LogP contribution is 2.19. The topological polar surface area (TPSA) is 28.5 Å². The van der Waals surface area contributed by atoms with Crippen molar-refractivity contribution in [2.24, 2.45) is 0 Å². The number of hydrogen-bond donors (Lipinski definition) is 3. The van der Waals surface area contributed by atoms with E-state index in [-0.39, 0.29) is 5.02 Å². The summed E-state index contributed by atoms with van der Waals surface area (Å²) in [6, 6.07) is 8.91. The molecule has 2 rings (SSSR count). The van der Waals surface area contributed by atoms with Crippen molar-refractivity contribution in [3.8, 4) is 0 Å². The summed E-state index contributed by atoms with van der Waals surface area (Å²) >= 11 is 12.8. The van der Waals surface area contributed by atoms with E-state index in [2.05, 4.69) is 36.2 Å². The molecule has 3 N–H and O–H groups in total. The Balaban J connectivity index is 1.92. The predicted octanol–water partition coefficient (Wildman–Crippen LogP) is 2.71. The first kappa shape index (κ1) is 17.1. The van der Waals surface area contributed by atoms with E-state index >= 15 is 0 Å². The Kier molecular flexibility index (Phi) is 6.14. The summed E-state index contributed by atoms with van der Waals surface area (Å²) in [7, 11) is 4.23. The average Bonchev–Trinajstić information content (AvgIpc) is 2.97. The van der Waals surface area contributed by atoms with E-state index in [9.17, 15) is 4.39 Å². The van der Waals surface area contributed by atoms with Crippen LogP contribution in [-0.2, 0) is 0 Å². The molecule has 1 heterocycles. The van der Waals surface area contributed by atoms with Crippen LogP contribution < -0.4 is 15.5 Å². The molecule has 1 aromatic carbocycles. The number of nitrogens with one attached hydrogen (secondary N) is 3. The maximum absolute atomic E-state index is 13.1. The van der Waals surface area contributed by atoms with Crippen LogP contribution >= 0.6 is 35.2 Å². The molecule has 1 atom stereocenters. The summed E-state index contributed by atoms with van der Waals surface area (Å²) in [5.74, 6) is -0.444. The number of rotatable bonds is 5. The lowest BCUT2D eigenvalue weighted by atomic mass is 10.2. The molecular formula is C15H18ClFN3S2+.